The zero-order chi connectivity index (χ0) is 24.0. The second kappa shape index (κ2) is 8.49. The number of anilines is 2. The Morgan fingerprint density at radius 1 is 1.12 bits per heavy atom. The van der Waals surface area contributed by atoms with E-state index in [9.17, 15) is 31.1 Å². The minimum absolute atomic E-state index is 0.0859. The van der Waals surface area contributed by atoms with Crippen LogP contribution < -0.4 is 10.2 Å². The summed E-state index contributed by atoms with van der Waals surface area (Å²) < 4.78 is 80.9. The van der Waals surface area contributed by atoms with Gasteiger partial charge in [-0.2, -0.15) is 26.3 Å². The Balaban J connectivity index is 1.55. The molecule has 13 heteroatoms. The van der Waals surface area contributed by atoms with Crippen molar-refractivity contribution in [3.8, 4) is 0 Å². The fraction of sp³-hybridized carbons (Fsp3) is 0.550. The van der Waals surface area contributed by atoms with Crippen LogP contribution in [0.1, 0.15) is 48.2 Å². The SMILES string of the molecule is [CH2]Cn1cc(CC(F)(F)F)nc1C1CCN(c2ncnc3c2[C@H](C(F)(F)F)CC(=O)N3)CC1. The molecule has 0 unspecified atom stereocenters. The monoisotopic (exact) mass is 475 g/mol. The van der Waals surface area contributed by atoms with Gasteiger partial charge in [0.1, 0.15) is 23.8 Å². The van der Waals surface area contributed by atoms with Gasteiger partial charge in [0.05, 0.1) is 23.6 Å². The molecule has 0 saturated carbocycles. The fourth-order valence-corrected chi connectivity index (χ4v) is 4.44. The number of imidazole rings is 1. The Kier molecular flexibility index (Phi) is 5.99. The van der Waals surface area contributed by atoms with Crippen LogP contribution >= 0.6 is 0 Å². The van der Waals surface area contributed by atoms with Gasteiger partial charge in [0.2, 0.25) is 5.91 Å². The first-order valence-corrected chi connectivity index (χ1v) is 10.3. The number of fused-ring (bicyclic) bond motifs is 1. The molecule has 7 nitrogen and oxygen atoms in total. The van der Waals surface area contributed by atoms with Gasteiger partial charge in [-0.05, 0) is 19.8 Å². The molecule has 0 aromatic carbocycles. The van der Waals surface area contributed by atoms with Gasteiger partial charge in [-0.3, -0.25) is 4.79 Å². The van der Waals surface area contributed by atoms with Crippen LogP contribution in [0.2, 0.25) is 0 Å². The van der Waals surface area contributed by atoms with Gasteiger partial charge < -0.3 is 14.8 Å². The molecule has 33 heavy (non-hydrogen) atoms. The standard InChI is InChI=1S/C20H21F6N6O/c1-2-31-9-12(8-19(21,22)23)29-17(31)11-3-5-32(6-4-11)18-15-13(20(24,25)26)7-14(33)30-16(15)27-10-28-18/h9-11,13H,1-8H2,(H,27,28,30,33)/t13-/m1/s1. The maximum atomic E-state index is 13.7. The van der Waals surface area contributed by atoms with Gasteiger partial charge in [-0.1, -0.05) is 0 Å². The van der Waals surface area contributed by atoms with Gasteiger partial charge in [-0.15, -0.1) is 0 Å². The number of carbonyl (C=O) groups is 1. The Labute approximate surface area is 185 Å². The lowest BCUT2D eigenvalue weighted by Gasteiger charge is -2.36. The summed E-state index contributed by atoms with van der Waals surface area (Å²) in [5, 5.41) is 2.38. The predicted octanol–water partition coefficient (Wildman–Crippen LogP) is 3.98. The summed E-state index contributed by atoms with van der Waals surface area (Å²) in [5.41, 5.74) is -0.244. The molecule has 1 radical (unpaired) electrons. The third kappa shape index (κ3) is 4.91. The molecule has 0 spiro atoms. The second-order valence-electron chi connectivity index (χ2n) is 8.14. The van der Waals surface area contributed by atoms with Crippen LogP contribution in [-0.4, -0.2) is 50.9 Å². The molecule has 2 aliphatic heterocycles. The fourth-order valence-electron chi connectivity index (χ4n) is 4.44. The third-order valence-corrected chi connectivity index (χ3v) is 5.89. The molecule has 2 aromatic heterocycles. The molecule has 2 aliphatic rings. The van der Waals surface area contributed by atoms with E-state index in [0.29, 0.717) is 31.8 Å². The molecular weight excluding hydrogens is 454 g/mol. The van der Waals surface area contributed by atoms with E-state index in [0.717, 1.165) is 6.33 Å². The Morgan fingerprint density at radius 3 is 2.42 bits per heavy atom. The van der Waals surface area contributed by atoms with Crippen LogP contribution in [0.3, 0.4) is 0 Å². The number of amides is 1. The third-order valence-electron chi connectivity index (χ3n) is 5.89. The average Bonchev–Trinajstić information content (AvgIpc) is 3.13. The van der Waals surface area contributed by atoms with Crippen molar-refractivity contribution in [2.45, 2.75) is 56.4 Å². The second-order valence-corrected chi connectivity index (χ2v) is 8.14. The minimum atomic E-state index is -4.64. The molecule has 4 rings (SSSR count). The van der Waals surface area contributed by atoms with Gasteiger partial charge in [0.25, 0.3) is 0 Å². The van der Waals surface area contributed by atoms with E-state index in [-0.39, 0.29) is 35.4 Å². The number of halogens is 6. The van der Waals surface area contributed by atoms with Crippen molar-refractivity contribution in [3.05, 3.63) is 36.5 Å². The van der Waals surface area contributed by atoms with E-state index in [1.54, 1.807) is 9.47 Å². The number of nitrogens with one attached hydrogen (secondary N) is 1. The van der Waals surface area contributed by atoms with Crippen LogP contribution in [0.4, 0.5) is 38.0 Å². The predicted molar refractivity (Wildman–Crippen MR) is 106 cm³/mol. The van der Waals surface area contributed by atoms with E-state index in [4.69, 9.17) is 0 Å². The molecule has 0 aliphatic carbocycles. The number of hydrogen-bond acceptors (Lipinski definition) is 5. The van der Waals surface area contributed by atoms with Gasteiger partial charge in [-0.25, -0.2) is 15.0 Å². The van der Waals surface area contributed by atoms with Crippen LogP contribution in [-0.2, 0) is 17.8 Å². The normalized spacial score (nSPS) is 20.0. The lowest BCUT2D eigenvalue weighted by molar-refractivity contribution is -0.156. The van der Waals surface area contributed by atoms with Crippen molar-refractivity contribution in [1.82, 2.24) is 19.5 Å². The summed E-state index contributed by atoms with van der Waals surface area (Å²) in [5.74, 6) is -2.48. The van der Waals surface area contributed by atoms with E-state index in [1.165, 1.54) is 6.20 Å². The van der Waals surface area contributed by atoms with Crippen LogP contribution in [0.15, 0.2) is 12.5 Å². The lowest BCUT2D eigenvalue weighted by atomic mass is 9.90. The Bertz CT molecular complexity index is 1030. The molecule has 1 N–H and O–H groups in total. The van der Waals surface area contributed by atoms with Crippen molar-refractivity contribution in [1.29, 1.82) is 0 Å². The first kappa shape index (κ1) is 23.3. The van der Waals surface area contributed by atoms with E-state index in [2.05, 4.69) is 27.2 Å². The van der Waals surface area contributed by atoms with Crippen molar-refractivity contribution in [2.75, 3.05) is 23.3 Å². The van der Waals surface area contributed by atoms with Crippen molar-refractivity contribution >= 4 is 17.5 Å². The van der Waals surface area contributed by atoms with Crippen LogP contribution in [0.5, 0.6) is 0 Å². The van der Waals surface area contributed by atoms with E-state index >= 15 is 0 Å². The van der Waals surface area contributed by atoms with Crippen molar-refractivity contribution in [3.63, 3.8) is 0 Å². The van der Waals surface area contributed by atoms with E-state index in [1.807, 2.05) is 0 Å². The smallest absolute Gasteiger partial charge is 0.356 e. The first-order chi connectivity index (χ1) is 15.5. The molecule has 2 aromatic rings. The highest BCUT2D eigenvalue weighted by Crippen LogP contribution is 2.46. The molecule has 1 saturated heterocycles. The molecular formula is C20H21F6N6O. The van der Waals surface area contributed by atoms with Crippen LogP contribution in [0, 0.1) is 6.92 Å². The molecule has 1 fully saturated rings. The highest BCUT2D eigenvalue weighted by molar-refractivity contribution is 5.94. The van der Waals surface area contributed by atoms with E-state index < -0.39 is 37.0 Å². The summed E-state index contributed by atoms with van der Waals surface area (Å²) in [6.45, 7) is 4.61. The minimum Gasteiger partial charge on any atom is -0.356 e. The maximum absolute atomic E-state index is 13.7. The van der Waals surface area contributed by atoms with Crippen LogP contribution in [0.25, 0.3) is 0 Å². The average molecular weight is 475 g/mol. The maximum Gasteiger partial charge on any atom is 0.396 e. The largest absolute Gasteiger partial charge is 0.396 e. The summed E-state index contributed by atoms with van der Waals surface area (Å²) in [6.07, 6.45) is -7.51. The molecule has 1 amide bonds. The Morgan fingerprint density at radius 2 is 1.82 bits per heavy atom. The van der Waals surface area contributed by atoms with Gasteiger partial charge >= 0.3 is 12.4 Å². The number of rotatable bonds is 4. The topological polar surface area (TPSA) is 75.9 Å². The van der Waals surface area contributed by atoms with Crippen molar-refractivity contribution in [2.24, 2.45) is 0 Å². The molecule has 4 heterocycles. The van der Waals surface area contributed by atoms with Crippen molar-refractivity contribution < 1.29 is 31.1 Å². The summed E-state index contributed by atoms with van der Waals surface area (Å²) >= 11 is 0. The number of nitrogens with zero attached hydrogens (tertiary/aromatic N) is 5. The number of piperidine rings is 1. The number of aromatic nitrogens is 4. The number of carbonyl (C=O) groups excluding carboxylic acids is 1. The summed E-state index contributed by atoms with van der Waals surface area (Å²) in [4.78, 5) is 25.5. The number of hydrogen-bond donors (Lipinski definition) is 1. The highest BCUT2D eigenvalue weighted by atomic mass is 19.4. The van der Waals surface area contributed by atoms with Gasteiger partial charge in [0.15, 0.2) is 0 Å². The first-order valence-electron chi connectivity index (χ1n) is 10.3. The molecule has 0 bridgehead atoms. The quantitative estimate of drug-likeness (QED) is 0.677. The number of alkyl halides is 6. The Hall–Kier alpha value is -2.86. The zero-order valence-electron chi connectivity index (χ0n) is 17.4. The molecule has 1 atom stereocenters. The molecule has 179 valence electrons. The van der Waals surface area contributed by atoms with Gasteiger partial charge in [0, 0.05) is 38.2 Å². The highest BCUT2D eigenvalue weighted by Gasteiger charge is 2.48. The summed E-state index contributed by atoms with van der Waals surface area (Å²) in [6, 6.07) is 0. The summed E-state index contributed by atoms with van der Waals surface area (Å²) in [7, 11) is 0. The lowest BCUT2D eigenvalue weighted by Crippen LogP contribution is -2.38. The zero-order valence-corrected chi connectivity index (χ0v) is 17.4.